The van der Waals surface area contributed by atoms with Crippen LogP contribution in [0.2, 0.25) is 10.0 Å². The first-order chi connectivity index (χ1) is 21.3. The molecule has 0 atom stereocenters. The number of nitrogens with zero attached hydrogens (tertiary/aromatic N) is 4. The summed E-state index contributed by atoms with van der Waals surface area (Å²) in [5.41, 5.74) is 3.59. The number of aliphatic carboxylic acids is 1. The molecule has 0 spiro atoms. The van der Waals surface area contributed by atoms with E-state index in [9.17, 15) is 14.0 Å². The predicted octanol–water partition coefficient (Wildman–Crippen LogP) is 9.08. The fourth-order valence-electron chi connectivity index (χ4n) is 4.02. The first-order valence-electron chi connectivity index (χ1n) is 12.9. The van der Waals surface area contributed by atoms with E-state index in [1.54, 1.807) is 30.5 Å². The summed E-state index contributed by atoms with van der Waals surface area (Å²) in [5.74, 6) is 0.0626. The van der Waals surface area contributed by atoms with E-state index in [-0.39, 0.29) is 29.5 Å². The summed E-state index contributed by atoms with van der Waals surface area (Å²) in [7, 11) is 3.71. The number of aromatic nitrogens is 4. The van der Waals surface area contributed by atoms with Crippen LogP contribution in [0, 0.1) is 5.82 Å². The molecule has 0 radical (unpaired) electrons. The Kier molecular flexibility index (Phi) is 15.6. The van der Waals surface area contributed by atoms with Crippen LogP contribution in [0.3, 0.4) is 0 Å². The Labute approximate surface area is 307 Å². The van der Waals surface area contributed by atoms with E-state index in [2.05, 4.69) is 75.2 Å². The maximum atomic E-state index is 12.9. The van der Waals surface area contributed by atoms with Gasteiger partial charge in [-0.3, -0.25) is 9.59 Å². The minimum atomic E-state index is -0.884. The molecule has 0 aliphatic carbocycles. The van der Waals surface area contributed by atoms with Crippen LogP contribution in [0.1, 0.15) is 11.4 Å². The molecule has 2 aromatic heterocycles. The molecule has 0 unspecified atom stereocenters. The summed E-state index contributed by atoms with van der Waals surface area (Å²) < 4.78 is 16.5. The van der Waals surface area contributed by atoms with Gasteiger partial charge in [0.1, 0.15) is 17.5 Å². The number of carboxylic acids is 1. The number of rotatable bonds is 7. The molecule has 0 aliphatic rings. The van der Waals surface area contributed by atoms with Gasteiger partial charge < -0.3 is 19.6 Å². The number of halogens is 6. The number of hydrogen-bond acceptors (Lipinski definition) is 4. The second-order valence-electron chi connectivity index (χ2n) is 9.34. The zero-order valence-corrected chi connectivity index (χ0v) is 33.1. The van der Waals surface area contributed by atoms with Crippen molar-refractivity contribution in [1.82, 2.24) is 19.1 Å². The first kappa shape index (κ1) is 37.8. The number of benzene rings is 3. The summed E-state index contributed by atoms with van der Waals surface area (Å²) in [4.78, 5) is 31.2. The van der Waals surface area contributed by atoms with Gasteiger partial charge in [-0.2, -0.15) is 0 Å². The van der Waals surface area contributed by atoms with Gasteiger partial charge in [0.2, 0.25) is 5.91 Å². The Morgan fingerprint density at radius 3 is 1.58 bits per heavy atom. The van der Waals surface area contributed by atoms with Gasteiger partial charge in [0.05, 0.1) is 24.2 Å². The fourth-order valence-corrected chi connectivity index (χ4v) is 4.27. The quantitative estimate of drug-likeness (QED) is 0.159. The first-order valence-corrected chi connectivity index (χ1v) is 27.2. The molecule has 45 heavy (non-hydrogen) atoms. The number of imidazole rings is 2. The molecule has 0 saturated heterocycles. The number of hydrogen-bond donors (Lipinski definition) is 2. The Bertz CT molecular complexity index is 1720. The van der Waals surface area contributed by atoms with Crippen molar-refractivity contribution >= 4 is 101 Å². The van der Waals surface area contributed by atoms with E-state index in [1.165, 1.54) is 24.3 Å². The predicted molar refractivity (Wildman–Crippen MR) is 199 cm³/mol. The molecule has 5 rings (SSSR count). The molecule has 8 nitrogen and oxygen atoms in total. The molecule has 1 amide bonds. The Balaban J connectivity index is 0.000000230. The third kappa shape index (κ3) is 13.1. The fraction of sp³-hybridized carbons (Fsp3) is 0.133. The van der Waals surface area contributed by atoms with Gasteiger partial charge in [-0.15, -0.1) is 0 Å². The van der Waals surface area contributed by atoms with Gasteiger partial charge in [-0.1, -0.05) is 23.2 Å². The second-order valence-corrected chi connectivity index (χ2v) is 45.6. The van der Waals surface area contributed by atoms with Crippen molar-refractivity contribution in [2.75, 3.05) is 5.32 Å². The molecule has 15 heteroatoms. The van der Waals surface area contributed by atoms with Crippen LogP contribution in [0.15, 0.2) is 85.2 Å². The van der Waals surface area contributed by atoms with Gasteiger partial charge in [0, 0.05) is 53.3 Å². The standard InChI is InChI=1S/C18H15ClFN3O.C12H11ClN2O2.3HI.V/c1-23-11-16(22-18(23)12-2-4-13(19)5-3-12)10-17(24)21-15-8-6-14(20)7-9-15;1-15-7-10(6-11(16)17)14-12(15)8-2-4-9(13)5-3-8;;;;/h2-9,11H,10H2,1H3,(H,21,24);2-5,7H,6H2,1H3,(H,16,17);3*1H;/q;;;;;+3/p-3. The normalized spacial score (nSPS) is 10.4. The zero-order chi connectivity index (χ0) is 33.1. The van der Waals surface area contributed by atoms with E-state index >= 15 is 0 Å². The maximum absolute atomic E-state index is 12.9. The van der Waals surface area contributed by atoms with E-state index in [4.69, 9.17) is 28.3 Å². The van der Waals surface area contributed by atoms with Crippen molar-refractivity contribution in [2.24, 2.45) is 14.1 Å². The van der Waals surface area contributed by atoms with Crippen LogP contribution >= 0.6 is 83.1 Å². The number of carbonyl (C=O) groups is 2. The van der Waals surface area contributed by atoms with Gasteiger partial charge >= 0.3 is 70.8 Å². The zero-order valence-electron chi connectivity index (χ0n) is 23.8. The van der Waals surface area contributed by atoms with Crippen LogP contribution in [0.25, 0.3) is 22.8 Å². The molecule has 2 heterocycles. The number of anilines is 1. The Morgan fingerprint density at radius 2 is 1.18 bits per heavy atom. The van der Waals surface area contributed by atoms with Gasteiger partial charge in [-0.25, -0.2) is 14.4 Å². The summed E-state index contributed by atoms with van der Waals surface area (Å²) >= 11 is 19.1. The van der Waals surface area contributed by atoms with Crippen molar-refractivity contribution in [2.45, 2.75) is 12.8 Å². The van der Waals surface area contributed by atoms with Gasteiger partial charge in [0.15, 0.2) is 0 Å². The summed E-state index contributed by atoms with van der Waals surface area (Å²) in [6.45, 7) is 0. The molecular weight excluding hydrogens is 1000 g/mol. The summed E-state index contributed by atoms with van der Waals surface area (Å²) in [6.07, 6.45) is 3.60. The average Bonchev–Trinajstić information content (AvgIpc) is 3.51. The van der Waals surface area contributed by atoms with Crippen molar-refractivity contribution in [3.63, 3.8) is 0 Å². The van der Waals surface area contributed by atoms with Crippen LogP contribution in [-0.4, -0.2) is 36.1 Å². The summed E-state index contributed by atoms with van der Waals surface area (Å²) in [6, 6.07) is 20.3. The van der Waals surface area contributed by atoms with Gasteiger partial charge in [0.25, 0.3) is 0 Å². The third-order valence-electron chi connectivity index (χ3n) is 5.86. The number of carboxylic acid groups (broad SMARTS) is 1. The van der Waals surface area contributed by atoms with E-state index in [1.807, 2.05) is 53.7 Å². The molecular formula is C30H26Cl2FI3N5O3V. The Hall–Kier alpha value is -1.70. The molecule has 236 valence electrons. The van der Waals surface area contributed by atoms with E-state index in [0.29, 0.717) is 27.1 Å². The monoisotopic (exact) mass is 1020 g/mol. The third-order valence-corrected chi connectivity index (χ3v) is 6.36. The molecule has 5 aromatic rings. The summed E-state index contributed by atoms with van der Waals surface area (Å²) in [5, 5.41) is 12.7. The number of carbonyl (C=O) groups excluding carboxylic acids is 1. The van der Waals surface area contributed by atoms with Crippen molar-refractivity contribution in [1.29, 1.82) is 0 Å². The number of amides is 1. The van der Waals surface area contributed by atoms with Crippen LogP contribution < -0.4 is 5.32 Å². The number of aryl methyl sites for hydroxylation is 2. The molecule has 0 fully saturated rings. The SMILES string of the molecule is Cn1cc(CC(=O)Nc2ccc(F)cc2)nc1-c1ccc(Cl)cc1.Cn1cc(CC(=O)O)nc1-c1ccc(Cl)cc1.[I][V]([I])[I]. The van der Waals surface area contributed by atoms with Crippen molar-refractivity contribution in [3.05, 3.63) is 112 Å². The second kappa shape index (κ2) is 18.6. The van der Waals surface area contributed by atoms with Crippen molar-refractivity contribution in [3.8, 4) is 22.8 Å². The van der Waals surface area contributed by atoms with Crippen LogP contribution in [-0.2, 0) is 41.4 Å². The molecule has 3 aromatic carbocycles. The van der Waals surface area contributed by atoms with E-state index in [0.717, 1.165) is 22.8 Å². The average molecular weight is 1030 g/mol. The van der Waals surface area contributed by atoms with Crippen LogP contribution in [0.5, 0.6) is 0 Å². The van der Waals surface area contributed by atoms with Crippen molar-refractivity contribution < 1.29 is 24.0 Å². The molecule has 0 saturated carbocycles. The van der Waals surface area contributed by atoms with Crippen LogP contribution in [0.4, 0.5) is 10.1 Å². The Morgan fingerprint density at radius 1 is 0.778 bits per heavy atom. The molecule has 0 aliphatic heterocycles. The number of nitrogens with one attached hydrogen (secondary N) is 1. The van der Waals surface area contributed by atoms with Gasteiger partial charge in [-0.05, 0) is 72.8 Å². The van der Waals surface area contributed by atoms with E-state index < -0.39 is 5.97 Å². The molecule has 2 N–H and O–H groups in total. The topological polar surface area (TPSA) is 102 Å². The minimum absolute atomic E-state index is 0.0680. The molecule has 0 bridgehead atoms.